The van der Waals surface area contributed by atoms with Gasteiger partial charge in [-0.15, -0.1) is 0 Å². The van der Waals surface area contributed by atoms with Gasteiger partial charge in [0, 0.05) is 10.4 Å². The third-order valence-corrected chi connectivity index (χ3v) is 2.97. The second-order valence-electron chi connectivity index (χ2n) is 4.56. The molecule has 0 aliphatic carbocycles. The van der Waals surface area contributed by atoms with E-state index < -0.39 is 0 Å². The Morgan fingerprint density at radius 2 is 1.81 bits per heavy atom. The summed E-state index contributed by atoms with van der Waals surface area (Å²) >= 11 is 3.37. The van der Waals surface area contributed by atoms with Crippen molar-refractivity contribution >= 4 is 21.7 Å². The number of benzene rings is 1. The molecule has 3 heteroatoms. The molecule has 0 spiro atoms. The van der Waals surface area contributed by atoms with Crippen molar-refractivity contribution in [2.24, 2.45) is 5.92 Å². The molecule has 0 bridgehead atoms. The standard InChI is InChI=1S/C13H17BrO2/c1-7(2)10-5-9(14)6-11(13(10)16)12(15)8(3)4/h5-8,16H,1-4H3. The quantitative estimate of drug-likeness (QED) is 0.848. The Kier molecular flexibility index (Phi) is 4.14. The zero-order chi connectivity index (χ0) is 12.5. The first-order chi connectivity index (χ1) is 7.34. The molecule has 1 aromatic carbocycles. The van der Waals surface area contributed by atoms with Crippen LogP contribution in [0.2, 0.25) is 0 Å². The number of carbonyl (C=O) groups is 1. The molecule has 0 amide bonds. The van der Waals surface area contributed by atoms with Gasteiger partial charge in [-0.25, -0.2) is 0 Å². The van der Waals surface area contributed by atoms with Crippen molar-refractivity contribution in [2.75, 3.05) is 0 Å². The van der Waals surface area contributed by atoms with Crippen molar-refractivity contribution in [1.82, 2.24) is 0 Å². The van der Waals surface area contributed by atoms with Crippen molar-refractivity contribution in [1.29, 1.82) is 0 Å². The zero-order valence-corrected chi connectivity index (χ0v) is 11.6. The summed E-state index contributed by atoms with van der Waals surface area (Å²) in [5.41, 5.74) is 1.21. The second-order valence-corrected chi connectivity index (χ2v) is 5.48. The Morgan fingerprint density at radius 1 is 1.25 bits per heavy atom. The van der Waals surface area contributed by atoms with Crippen molar-refractivity contribution in [2.45, 2.75) is 33.6 Å². The van der Waals surface area contributed by atoms with E-state index in [1.54, 1.807) is 6.07 Å². The number of hydrogen-bond acceptors (Lipinski definition) is 2. The van der Waals surface area contributed by atoms with E-state index in [0.717, 1.165) is 10.0 Å². The van der Waals surface area contributed by atoms with Gasteiger partial charge in [0.25, 0.3) is 0 Å². The van der Waals surface area contributed by atoms with Crippen molar-refractivity contribution < 1.29 is 9.90 Å². The minimum absolute atomic E-state index is 0.0271. The minimum Gasteiger partial charge on any atom is -0.507 e. The fourth-order valence-corrected chi connectivity index (χ4v) is 2.03. The lowest BCUT2D eigenvalue weighted by Crippen LogP contribution is -2.09. The van der Waals surface area contributed by atoms with Gasteiger partial charge in [0.2, 0.25) is 0 Å². The normalized spacial score (nSPS) is 11.2. The number of Topliss-reactive ketones (excluding diaryl/α,β-unsaturated/α-hetero) is 1. The first-order valence-corrected chi connectivity index (χ1v) is 6.20. The summed E-state index contributed by atoms with van der Waals surface area (Å²) in [5.74, 6) is 0.175. The predicted octanol–water partition coefficient (Wildman–Crippen LogP) is 4.12. The van der Waals surface area contributed by atoms with E-state index in [9.17, 15) is 9.90 Å². The molecular formula is C13H17BrO2. The largest absolute Gasteiger partial charge is 0.507 e. The topological polar surface area (TPSA) is 37.3 Å². The smallest absolute Gasteiger partial charge is 0.169 e. The molecule has 0 saturated heterocycles. The summed E-state index contributed by atoms with van der Waals surface area (Å²) < 4.78 is 0.831. The fraction of sp³-hybridized carbons (Fsp3) is 0.462. The molecule has 0 saturated carbocycles. The molecular weight excluding hydrogens is 268 g/mol. The van der Waals surface area contributed by atoms with Gasteiger partial charge in [-0.3, -0.25) is 4.79 Å². The molecule has 0 unspecified atom stereocenters. The summed E-state index contributed by atoms with van der Waals surface area (Å²) in [6.07, 6.45) is 0. The first-order valence-electron chi connectivity index (χ1n) is 5.41. The van der Waals surface area contributed by atoms with E-state index >= 15 is 0 Å². The molecule has 0 heterocycles. The Balaban J connectivity index is 3.35. The fourth-order valence-electron chi connectivity index (χ4n) is 1.56. The summed E-state index contributed by atoms with van der Waals surface area (Å²) in [6, 6.07) is 3.54. The molecule has 0 fully saturated rings. The van der Waals surface area contributed by atoms with Crippen LogP contribution in [0.1, 0.15) is 49.5 Å². The highest BCUT2D eigenvalue weighted by Crippen LogP contribution is 2.33. The van der Waals surface area contributed by atoms with Crippen molar-refractivity contribution in [3.05, 3.63) is 27.7 Å². The maximum atomic E-state index is 11.9. The minimum atomic E-state index is -0.111. The molecule has 1 N–H and O–H groups in total. The second kappa shape index (κ2) is 5.00. The summed E-state index contributed by atoms with van der Waals surface area (Å²) in [7, 11) is 0. The maximum absolute atomic E-state index is 11.9. The van der Waals surface area contributed by atoms with Crippen molar-refractivity contribution in [3.8, 4) is 5.75 Å². The molecule has 16 heavy (non-hydrogen) atoms. The molecule has 0 aromatic heterocycles. The van der Waals surface area contributed by atoms with E-state index in [4.69, 9.17) is 0 Å². The molecule has 88 valence electrons. The lowest BCUT2D eigenvalue weighted by Gasteiger charge is -2.14. The highest BCUT2D eigenvalue weighted by molar-refractivity contribution is 9.10. The van der Waals surface area contributed by atoms with Gasteiger partial charge in [-0.05, 0) is 23.6 Å². The van der Waals surface area contributed by atoms with Crippen LogP contribution < -0.4 is 0 Å². The van der Waals surface area contributed by atoms with Gasteiger partial charge >= 0.3 is 0 Å². The maximum Gasteiger partial charge on any atom is 0.169 e. The van der Waals surface area contributed by atoms with E-state index in [0.29, 0.717) is 5.56 Å². The van der Waals surface area contributed by atoms with E-state index in [-0.39, 0.29) is 23.4 Å². The molecule has 0 atom stereocenters. The van der Waals surface area contributed by atoms with Crippen LogP contribution >= 0.6 is 15.9 Å². The number of phenols is 1. The van der Waals surface area contributed by atoms with E-state index in [1.807, 2.05) is 33.8 Å². The molecule has 0 radical (unpaired) electrons. The number of rotatable bonds is 3. The number of halogens is 1. The van der Waals surface area contributed by atoms with Gasteiger partial charge in [0.05, 0.1) is 5.56 Å². The lowest BCUT2D eigenvalue weighted by molar-refractivity contribution is 0.0936. The monoisotopic (exact) mass is 284 g/mol. The van der Waals surface area contributed by atoms with Crippen LogP contribution in [0, 0.1) is 5.92 Å². The summed E-state index contributed by atoms with van der Waals surface area (Å²) in [5, 5.41) is 10.1. The third-order valence-electron chi connectivity index (χ3n) is 2.52. The van der Waals surface area contributed by atoms with Crippen LogP contribution in [0.5, 0.6) is 5.75 Å². The van der Waals surface area contributed by atoms with E-state index in [2.05, 4.69) is 15.9 Å². The summed E-state index contributed by atoms with van der Waals surface area (Å²) in [4.78, 5) is 11.9. The van der Waals surface area contributed by atoms with Crippen LogP contribution in [-0.4, -0.2) is 10.9 Å². The van der Waals surface area contributed by atoms with Crippen LogP contribution in [-0.2, 0) is 0 Å². The lowest BCUT2D eigenvalue weighted by atomic mass is 9.94. The number of phenolic OH excluding ortho intramolecular Hbond substituents is 1. The number of carbonyl (C=O) groups excluding carboxylic acids is 1. The highest BCUT2D eigenvalue weighted by Gasteiger charge is 2.19. The van der Waals surface area contributed by atoms with Crippen LogP contribution in [0.3, 0.4) is 0 Å². The Labute approximate surface area is 105 Å². The summed E-state index contributed by atoms with van der Waals surface area (Å²) in [6.45, 7) is 7.64. The number of hydrogen-bond donors (Lipinski definition) is 1. The van der Waals surface area contributed by atoms with Gasteiger partial charge in [0.15, 0.2) is 5.78 Å². The third kappa shape index (κ3) is 2.64. The molecule has 0 aliphatic heterocycles. The molecule has 1 rings (SSSR count). The molecule has 2 nitrogen and oxygen atoms in total. The van der Waals surface area contributed by atoms with Gasteiger partial charge < -0.3 is 5.11 Å². The Bertz CT molecular complexity index is 409. The Morgan fingerprint density at radius 3 is 2.25 bits per heavy atom. The van der Waals surface area contributed by atoms with E-state index in [1.165, 1.54) is 0 Å². The van der Waals surface area contributed by atoms with Crippen LogP contribution in [0.4, 0.5) is 0 Å². The van der Waals surface area contributed by atoms with Gasteiger partial charge in [-0.2, -0.15) is 0 Å². The van der Waals surface area contributed by atoms with Gasteiger partial charge in [-0.1, -0.05) is 43.6 Å². The average molecular weight is 285 g/mol. The van der Waals surface area contributed by atoms with Crippen LogP contribution in [0.25, 0.3) is 0 Å². The SMILES string of the molecule is CC(C)C(=O)c1cc(Br)cc(C(C)C)c1O. The average Bonchev–Trinajstić information content (AvgIpc) is 2.19. The van der Waals surface area contributed by atoms with Gasteiger partial charge in [0.1, 0.15) is 5.75 Å². The highest BCUT2D eigenvalue weighted by atomic mass is 79.9. The predicted molar refractivity (Wildman–Crippen MR) is 69.1 cm³/mol. The molecule has 1 aromatic rings. The van der Waals surface area contributed by atoms with Crippen LogP contribution in [0.15, 0.2) is 16.6 Å². The number of aromatic hydroxyl groups is 1. The first kappa shape index (κ1) is 13.2. The zero-order valence-electron chi connectivity index (χ0n) is 10.0. The number of ketones is 1. The Hall–Kier alpha value is -0.830. The van der Waals surface area contributed by atoms with Crippen molar-refractivity contribution in [3.63, 3.8) is 0 Å². The molecule has 0 aliphatic rings.